The topological polar surface area (TPSA) is 54.1 Å². The van der Waals surface area contributed by atoms with E-state index in [1.54, 1.807) is 0 Å². The molecule has 0 amide bonds. The Morgan fingerprint density at radius 1 is 1.15 bits per heavy atom. The first kappa shape index (κ1) is 21.6. The Morgan fingerprint density at radius 2 is 1.88 bits per heavy atom. The highest BCUT2D eigenvalue weighted by Crippen LogP contribution is 2.19. The molecule has 0 radical (unpaired) electrons. The van der Waals surface area contributed by atoms with Gasteiger partial charge in [0.1, 0.15) is 0 Å². The van der Waals surface area contributed by atoms with E-state index in [4.69, 9.17) is 22.1 Å². The van der Waals surface area contributed by atoms with E-state index in [1.165, 1.54) is 24.9 Å². The Labute approximate surface area is 178 Å². The third-order valence-corrected chi connectivity index (χ3v) is 5.28. The molecule has 0 aliphatic carbocycles. The van der Waals surface area contributed by atoms with Crippen LogP contribution in [0.15, 0.2) is 29.3 Å². The summed E-state index contributed by atoms with van der Waals surface area (Å²) >= 11 is 5.96. The third-order valence-electron chi connectivity index (χ3n) is 5.03. The van der Waals surface area contributed by atoms with Crippen LogP contribution >= 0.6 is 35.6 Å². The number of halogens is 2. The van der Waals surface area contributed by atoms with E-state index in [9.17, 15) is 0 Å². The molecule has 1 aromatic rings. The van der Waals surface area contributed by atoms with Crippen LogP contribution in [0.4, 0.5) is 5.69 Å². The lowest BCUT2D eigenvalue weighted by Crippen LogP contribution is -2.51. The SMILES string of the molecule is I.NC(=NCCCC1CCCCO1)N1CCN(c2ccc(Cl)cc2)CC1. The fourth-order valence-electron chi connectivity index (χ4n) is 3.49. The van der Waals surface area contributed by atoms with E-state index in [0.29, 0.717) is 12.1 Å². The van der Waals surface area contributed by atoms with Gasteiger partial charge in [-0.25, -0.2) is 0 Å². The van der Waals surface area contributed by atoms with Crippen molar-refractivity contribution in [1.82, 2.24) is 4.90 Å². The highest BCUT2D eigenvalue weighted by molar-refractivity contribution is 14.0. The van der Waals surface area contributed by atoms with Crippen LogP contribution in [0, 0.1) is 0 Å². The van der Waals surface area contributed by atoms with Gasteiger partial charge in [0.05, 0.1) is 6.10 Å². The summed E-state index contributed by atoms with van der Waals surface area (Å²) in [4.78, 5) is 9.12. The number of ether oxygens (including phenoxy) is 1. The van der Waals surface area contributed by atoms with Crippen LogP contribution < -0.4 is 10.6 Å². The molecule has 26 heavy (non-hydrogen) atoms. The fourth-order valence-corrected chi connectivity index (χ4v) is 3.62. The molecule has 2 heterocycles. The van der Waals surface area contributed by atoms with Gasteiger partial charge < -0.3 is 20.3 Å². The second-order valence-corrected chi connectivity index (χ2v) is 7.26. The Hall–Kier alpha value is -0.730. The normalized spacial score (nSPS) is 21.4. The maximum Gasteiger partial charge on any atom is 0.191 e. The lowest BCUT2D eigenvalue weighted by molar-refractivity contribution is 0.0105. The maximum absolute atomic E-state index is 6.18. The summed E-state index contributed by atoms with van der Waals surface area (Å²) in [6, 6.07) is 8.02. The van der Waals surface area contributed by atoms with Gasteiger partial charge in [-0.05, 0) is 56.4 Å². The third kappa shape index (κ3) is 6.46. The molecule has 1 aromatic carbocycles. The molecule has 7 heteroatoms. The van der Waals surface area contributed by atoms with Crippen LogP contribution in [0.3, 0.4) is 0 Å². The predicted molar refractivity (Wildman–Crippen MR) is 120 cm³/mol. The first-order chi connectivity index (χ1) is 12.2. The number of piperazine rings is 1. The van der Waals surface area contributed by atoms with Crippen LogP contribution in [0.5, 0.6) is 0 Å². The van der Waals surface area contributed by atoms with E-state index < -0.39 is 0 Å². The van der Waals surface area contributed by atoms with Gasteiger partial charge in [-0.3, -0.25) is 4.99 Å². The predicted octanol–water partition coefficient (Wildman–Crippen LogP) is 3.74. The van der Waals surface area contributed by atoms with Crippen molar-refractivity contribution in [3.05, 3.63) is 29.3 Å². The summed E-state index contributed by atoms with van der Waals surface area (Å²) in [5.41, 5.74) is 7.40. The van der Waals surface area contributed by atoms with Crippen LogP contribution in [0.1, 0.15) is 32.1 Å². The van der Waals surface area contributed by atoms with E-state index in [-0.39, 0.29) is 24.0 Å². The number of anilines is 1. The van der Waals surface area contributed by atoms with E-state index in [2.05, 4.69) is 26.9 Å². The van der Waals surface area contributed by atoms with Crippen molar-refractivity contribution in [2.75, 3.05) is 44.2 Å². The van der Waals surface area contributed by atoms with Gasteiger partial charge in [0.25, 0.3) is 0 Å². The van der Waals surface area contributed by atoms with E-state index >= 15 is 0 Å². The van der Waals surface area contributed by atoms with E-state index in [0.717, 1.165) is 57.2 Å². The summed E-state index contributed by atoms with van der Waals surface area (Å²) in [5, 5.41) is 0.775. The van der Waals surface area contributed by atoms with Gasteiger partial charge in [0.2, 0.25) is 0 Å². The number of hydrogen-bond acceptors (Lipinski definition) is 3. The number of nitrogens with zero attached hydrogens (tertiary/aromatic N) is 3. The highest BCUT2D eigenvalue weighted by Gasteiger charge is 2.18. The number of aliphatic imine (C=N–C) groups is 1. The average molecular weight is 493 g/mol. The van der Waals surface area contributed by atoms with Crippen LogP contribution in [0.25, 0.3) is 0 Å². The average Bonchev–Trinajstić information content (AvgIpc) is 2.67. The van der Waals surface area contributed by atoms with Gasteiger partial charge in [0, 0.05) is 50.0 Å². The molecule has 2 aliphatic heterocycles. The van der Waals surface area contributed by atoms with Crippen molar-refractivity contribution in [3.63, 3.8) is 0 Å². The molecule has 0 saturated carbocycles. The molecule has 1 unspecified atom stereocenters. The van der Waals surface area contributed by atoms with Gasteiger partial charge in [-0.2, -0.15) is 0 Å². The van der Waals surface area contributed by atoms with Gasteiger partial charge in [-0.1, -0.05) is 11.6 Å². The number of hydrogen-bond donors (Lipinski definition) is 1. The smallest absolute Gasteiger partial charge is 0.191 e. The van der Waals surface area contributed by atoms with Crippen LogP contribution in [-0.4, -0.2) is 56.3 Å². The minimum Gasteiger partial charge on any atom is -0.378 e. The number of guanidine groups is 1. The molecule has 3 rings (SSSR count). The number of benzene rings is 1. The molecule has 5 nitrogen and oxygen atoms in total. The fraction of sp³-hybridized carbons (Fsp3) is 0.632. The summed E-state index contributed by atoms with van der Waals surface area (Å²) in [5.74, 6) is 0.681. The molecule has 0 spiro atoms. The van der Waals surface area contributed by atoms with Crippen molar-refractivity contribution in [1.29, 1.82) is 0 Å². The molecule has 2 saturated heterocycles. The summed E-state index contributed by atoms with van der Waals surface area (Å²) in [7, 11) is 0. The van der Waals surface area contributed by atoms with Crippen molar-refractivity contribution in [2.45, 2.75) is 38.2 Å². The summed E-state index contributed by atoms with van der Waals surface area (Å²) < 4.78 is 5.76. The van der Waals surface area contributed by atoms with Crippen molar-refractivity contribution in [3.8, 4) is 0 Å². The zero-order valence-electron chi connectivity index (χ0n) is 15.3. The quantitative estimate of drug-likeness (QED) is 0.294. The Morgan fingerprint density at radius 3 is 2.54 bits per heavy atom. The molecule has 0 bridgehead atoms. The molecule has 2 fully saturated rings. The van der Waals surface area contributed by atoms with Crippen molar-refractivity contribution < 1.29 is 4.74 Å². The first-order valence-corrected chi connectivity index (χ1v) is 9.77. The molecule has 146 valence electrons. The first-order valence-electron chi connectivity index (χ1n) is 9.39. The molecule has 2 N–H and O–H groups in total. The summed E-state index contributed by atoms with van der Waals surface area (Å²) in [6.07, 6.45) is 6.30. The monoisotopic (exact) mass is 492 g/mol. The number of rotatable bonds is 5. The summed E-state index contributed by atoms with van der Waals surface area (Å²) in [6.45, 7) is 5.44. The van der Waals surface area contributed by atoms with Crippen LogP contribution in [-0.2, 0) is 4.74 Å². The molecule has 1 atom stereocenters. The van der Waals surface area contributed by atoms with Crippen molar-refractivity contribution in [2.24, 2.45) is 10.7 Å². The molecule has 0 aromatic heterocycles. The molecular weight excluding hydrogens is 463 g/mol. The minimum atomic E-state index is 0. The van der Waals surface area contributed by atoms with E-state index in [1.807, 2.05) is 12.1 Å². The Balaban J connectivity index is 0.00000243. The largest absolute Gasteiger partial charge is 0.378 e. The van der Waals surface area contributed by atoms with Gasteiger partial charge >= 0.3 is 0 Å². The molecule has 2 aliphatic rings. The molecular formula is C19H30ClIN4O. The second kappa shape index (κ2) is 11.2. The maximum atomic E-state index is 6.18. The van der Waals surface area contributed by atoms with Gasteiger partial charge in [-0.15, -0.1) is 24.0 Å². The lowest BCUT2D eigenvalue weighted by atomic mass is 10.1. The highest BCUT2D eigenvalue weighted by atomic mass is 127. The van der Waals surface area contributed by atoms with Gasteiger partial charge in [0.15, 0.2) is 5.96 Å². The zero-order chi connectivity index (χ0) is 17.5. The number of nitrogens with two attached hydrogens (primary N) is 1. The van der Waals surface area contributed by atoms with Crippen molar-refractivity contribution >= 4 is 47.2 Å². The standard InChI is InChI=1S/C19H29ClN4O.HI/c20-16-6-8-17(9-7-16)23-11-13-24(14-12-23)19(21)22-10-3-5-18-4-1-2-15-25-18;/h6-9,18H,1-5,10-15H2,(H2,21,22);1H. The Kier molecular flexibility index (Phi) is 9.28. The second-order valence-electron chi connectivity index (χ2n) is 6.82. The Bertz CT molecular complexity index is 555. The van der Waals surface area contributed by atoms with Crippen LogP contribution in [0.2, 0.25) is 5.02 Å². The lowest BCUT2D eigenvalue weighted by Gasteiger charge is -2.36. The minimum absolute atomic E-state index is 0. The zero-order valence-corrected chi connectivity index (χ0v) is 18.4.